The first kappa shape index (κ1) is 8.70. The Hall–Kier alpha value is -0.890. The summed E-state index contributed by atoms with van der Waals surface area (Å²) >= 11 is 0. The van der Waals surface area contributed by atoms with Crippen LogP contribution in [0.5, 0.6) is 0 Å². The third-order valence-electron chi connectivity index (χ3n) is 2.83. The van der Waals surface area contributed by atoms with Crippen LogP contribution in [-0.2, 0) is 6.42 Å². The van der Waals surface area contributed by atoms with Crippen molar-refractivity contribution in [3.05, 3.63) is 29.6 Å². The van der Waals surface area contributed by atoms with Crippen molar-refractivity contribution in [2.45, 2.75) is 31.6 Å². The summed E-state index contributed by atoms with van der Waals surface area (Å²) in [6.07, 6.45) is 6.71. The van der Waals surface area contributed by atoms with Crippen LogP contribution >= 0.6 is 0 Å². The lowest BCUT2D eigenvalue weighted by Crippen LogP contribution is -2.03. The normalized spacial score (nSPS) is 20.2. The van der Waals surface area contributed by atoms with Crippen molar-refractivity contribution < 1.29 is 0 Å². The van der Waals surface area contributed by atoms with Crippen LogP contribution in [0.15, 0.2) is 18.3 Å². The van der Waals surface area contributed by atoms with Crippen LogP contribution in [-0.4, -0.2) is 11.5 Å². The highest BCUT2D eigenvalue weighted by atomic mass is 14.7. The van der Waals surface area contributed by atoms with E-state index in [1.165, 1.54) is 30.5 Å². The topological polar surface area (TPSA) is 38.9 Å². The Morgan fingerprint density at radius 2 is 2.46 bits per heavy atom. The average molecular weight is 176 g/mol. The van der Waals surface area contributed by atoms with Gasteiger partial charge in [0.1, 0.15) is 0 Å². The minimum Gasteiger partial charge on any atom is -0.330 e. The minimum absolute atomic E-state index is 0.680. The molecule has 0 bridgehead atoms. The molecule has 0 spiro atoms. The molecule has 1 atom stereocenters. The lowest BCUT2D eigenvalue weighted by molar-refractivity contribution is 0.582. The predicted molar refractivity (Wildman–Crippen MR) is 53.6 cm³/mol. The Bertz CT molecular complexity index is 283. The monoisotopic (exact) mass is 176 g/mol. The Morgan fingerprint density at radius 3 is 3.31 bits per heavy atom. The van der Waals surface area contributed by atoms with Crippen LogP contribution < -0.4 is 5.73 Å². The second-order valence-electron chi connectivity index (χ2n) is 3.71. The van der Waals surface area contributed by atoms with E-state index in [9.17, 15) is 0 Å². The third kappa shape index (κ3) is 1.73. The Labute approximate surface area is 79.2 Å². The molecule has 0 saturated heterocycles. The number of nitrogens with zero attached hydrogens (tertiary/aromatic N) is 1. The Morgan fingerprint density at radius 1 is 1.54 bits per heavy atom. The fourth-order valence-electron chi connectivity index (χ4n) is 2.14. The maximum Gasteiger partial charge on any atom is 0.0466 e. The fraction of sp³-hybridized carbons (Fsp3) is 0.545. The molecule has 1 aromatic heterocycles. The zero-order valence-electron chi connectivity index (χ0n) is 7.87. The quantitative estimate of drug-likeness (QED) is 0.763. The van der Waals surface area contributed by atoms with Crippen molar-refractivity contribution in [2.24, 2.45) is 5.73 Å². The van der Waals surface area contributed by atoms with E-state index >= 15 is 0 Å². The van der Waals surface area contributed by atoms with Crippen molar-refractivity contribution in [2.75, 3.05) is 6.54 Å². The van der Waals surface area contributed by atoms with Crippen LogP contribution in [0.3, 0.4) is 0 Å². The van der Waals surface area contributed by atoms with E-state index in [-0.39, 0.29) is 0 Å². The highest BCUT2D eigenvalue weighted by molar-refractivity contribution is 5.28. The minimum atomic E-state index is 0.680. The molecule has 1 unspecified atom stereocenters. The molecular formula is C11H16N2. The first-order chi connectivity index (χ1) is 6.42. The van der Waals surface area contributed by atoms with Gasteiger partial charge in [0.2, 0.25) is 0 Å². The molecule has 0 amide bonds. The largest absolute Gasteiger partial charge is 0.330 e. The smallest absolute Gasteiger partial charge is 0.0466 e. The van der Waals surface area contributed by atoms with Gasteiger partial charge in [-0.1, -0.05) is 6.07 Å². The molecule has 1 aliphatic carbocycles. The zero-order chi connectivity index (χ0) is 9.10. The van der Waals surface area contributed by atoms with Gasteiger partial charge in [0.05, 0.1) is 0 Å². The lowest BCUT2D eigenvalue weighted by Gasteiger charge is -2.08. The molecule has 2 N–H and O–H groups in total. The molecule has 13 heavy (non-hydrogen) atoms. The molecule has 1 aliphatic rings. The van der Waals surface area contributed by atoms with Gasteiger partial charge in [-0.25, -0.2) is 0 Å². The molecule has 1 heterocycles. The summed E-state index contributed by atoms with van der Waals surface area (Å²) in [4.78, 5) is 4.45. The number of nitrogens with two attached hydrogens (primary N) is 1. The number of hydrogen-bond acceptors (Lipinski definition) is 2. The average Bonchev–Trinajstić information content (AvgIpc) is 2.58. The van der Waals surface area contributed by atoms with Crippen molar-refractivity contribution in [3.8, 4) is 0 Å². The predicted octanol–water partition coefficient (Wildman–Crippen LogP) is 1.85. The van der Waals surface area contributed by atoms with E-state index in [0.29, 0.717) is 5.92 Å². The van der Waals surface area contributed by atoms with Crippen LogP contribution in [0.1, 0.15) is 36.4 Å². The van der Waals surface area contributed by atoms with Gasteiger partial charge in [0.15, 0.2) is 0 Å². The first-order valence-corrected chi connectivity index (χ1v) is 5.05. The van der Waals surface area contributed by atoms with E-state index in [1.54, 1.807) is 0 Å². The van der Waals surface area contributed by atoms with Gasteiger partial charge in [0, 0.05) is 17.8 Å². The van der Waals surface area contributed by atoms with Crippen molar-refractivity contribution in [3.63, 3.8) is 0 Å². The molecule has 0 radical (unpaired) electrons. The molecule has 0 aliphatic heterocycles. The van der Waals surface area contributed by atoms with Gasteiger partial charge in [-0.05, 0) is 43.9 Å². The lowest BCUT2D eigenvalue weighted by atomic mass is 10.0. The molecule has 2 heteroatoms. The van der Waals surface area contributed by atoms with Crippen molar-refractivity contribution in [1.82, 2.24) is 4.98 Å². The maximum atomic E-state index is 5.51. The molecule has 0 aromatic carbocycles. The molecule has 0 fully saturated rings. The van der Waals surface area contributed by atoms with E-state index in [4.69, 9.17) is 5.73 Å². The molecule has 1 aromatic rings. The number of rotatable bonds is 3. The standard InChI is InChI=1S/C11H16N2/c12-7-1-3-9-5-6-10-4-2-8-13-11(9)10/h2,4,8-9H,1,3,5-7,12H2. The van der Waals surface area contributed by atoms with E-state index in [2.05, 4.69) is 11.1 Å². The van der Waals surface area contributed by atoms with Crippen LogP contribution in [0.2, 0.25) is 0 Å². The van der Waals surface area contributed by atoms with Gasteiger partial charge in [0.25, 0.3) is 0 Å². The van der Waals surface area contributed by atoms with E-state index < -0.39 is 0 Å². The maximum absolute atomic E-state index is 5.51. The highest BCUT2D eigenvalue weighted by Crippen LogP contribution is 2.33. The highest BCUT2D eigenvalue weighted by Gasteiger charge is 2.22. The second-order valence-corrected chi connectivity index (χ2v) is 3.71. The summed E-state index contributed by atoms with van der Waals surface area (Å²) < 4.78 is 0. The zero-order valence-corrected chi connectivity index (χ0v) is 7.87. The summed E-state index contributed by atoms with van der Waals surface area (Å²) in [7, 11) is 0. The number of fused-ring (bicyclic) bond motifs is 1. The van der Waals surface area contributed by atoms with Crippen LogP contribution in [0.25, 0.3) is 0 Å². The van der Waals surface area contributed by atoms with E-state index in [1.807, 2.05) is 12.3 Å². The van der Waals surface area contributed by atoms with Crippen LogP contribution in [0.4, 0.5) is 0 Å². The summed E-state index contributed by atoms with van der Waals surface area (Å²) in [5, 5.41) is 0. The van der Waals surface area contributed by atoms with Gasteiger partial charge < -0.3 is 5.73 Å². The molecule has 70 valence electrons. The molecule has 2 rings (SSSR count). The second kappa shape index (κ2) is 3.88. The first-order valence-electron chi connectivity index (χ1n) is 5.05. The number of pyridine rings is 1. The summed E-state index contributed by atoms with van der Waals surface area (Å²) in [6.45, 7) is 0.804. The Balaban J connectivity index is 2.09. The van der Waals surface area contributed by atoms with Gasteiger partial charge in [-0.3, -0.25) is 4.98 Å². The third-order valence-corrected chi connectivity index (χ3v) is 2.83. The summed E-state index contributed by atoms with van der Waals surface area (Å²) in [5.41, 5.74) is 8.28. The van der Waals surface area contributed by atoms with Gasteiger partial charge >= 0.3 is 0 Å². The Kier molecular flexibility index (Phi) is 2.60. The van der Waals surface area contributed by atoms with Gasteiger partial charge in [-0.15, -0.1) is 0 Å². The molecule has 2 nitrogen and oxygen atoms in total. The number of aryl methyl sites for hydroxylation is 1. The molecular weight excluding hydrogens is 160 g/mol. The van der Waals surface area contributed by atoms with Crippen molar-refractivity contribution >= 4 is 0 Å². The SMILES string of the molecule is NCCCC1CCc2cccnc21. The fourth-order valence-corrected chi connectivity index (χ4v) is 2.14. The number of aromatic nitrogens is 1. The summed E-state index contributed by atoms with van der Waals surface area (Å²) in [5.74, 6) is 0.680. The number of hydrogen-bond donors (Lipinski definition) is 1. The van der Waals surface area contributed by atoms with Crippen molar-refractivity contribution in [1.29, 1.82) is 0 Å². The van der Waals surface area contributed by atoms with E-state index in [0.717, 1.165) is 13.0 Å². The summed E-state index contributed by atoms with van der Waals surface area (Å²) in [6, 6.07) is 4.23. The van der Waals surface area contributed by atoms with Crippen LogP contribution in [0, 0.1) is 0 Å². The molecule has 0 saturated carbocycles. The van der Waals surface area contributed by atoms with Gasteiger partial charge in [-0.2, -0.15) is 0 Å².